The van der Waals surface area contributed by atoms with Crippen molar-refractivity contribution >= 4 is 16.7 Å². The van der Waals surface area contributed by atoms with Crippen molar-refractivity contribution in [2.75, 3.05) is 0 Å². The lowest BCUT2D eigenvalue weighted by Gasteiger charge is -2.12. The Morgan fingerprint density at radius 3 is 2.81 bits per heavy atom. The van der Waals surface area contributed by atoms with Gasteiger partial charge in [0.1, 0.15) is 0 Å². The maximum Gasteiger partial charge on any atom is 0.314 e. The van der Waals surface area contributed by atoms with Crippen molar-refractivity contribution in [1.29, 1.82) is 0 Å². The first-order valence-electron chi connectivity index (χ1n) is 5.31. The fourth-order valence-corrected chi connectivity index (χ4v) is 2.26. The maximum absolute atomic E-state index is 11.3. The van der Waals surface area contributed by atoms with E-state index in [1.165, 1.54) is 0 Å². The van der Waals surface area contributed by atoms with Crippen molar-refractivity contribution in [3.8, 4) is 0 Å². The van der Waals surface area contributed by atoms with Crippen LogP contribution in [-0.2, 0) is 10.2 Å². The van der Waals surface area contributed by atoms with Crippen LogP contribution in [0.4, 0.5) is 0 Å². The zero-order valence-electron chi connectivity index (χ0n) is 8.68. The smallest absolute Gasteiger partial charge is 0.314 e. The largest absolute Gasteiger partial charge is 0.481 e. The zero-order chi connectivity index (χ0) is 11.2. The number of hydrogen-bond donors (Lipinski definition) is 1. The Morgan fingerprint density at radius 1 is 1.31 bits per heavy atom. The van der Waals surface area contributed by atoms with E-state index < -0.39 is 11.4 Å². The zero-order valence-corrected chi connectivity index (χ0v) is 8.68. The first kappa shape index (κ1) is 9.33. The van der Waals surface area contributed by atoms with E-state index >= 15 is 0 Å². The van der Waals surface area contributed by atoms with Crippen LogP contribution in [0.25, 0.3) is 10.8 Å². The van der Waals surface area contributed by atoms with E-state index in [0.29, 0.717) is 0 Å². The minimum absolute atomic E-state index is 0.638. The summed E-state index contributed by atoms with van der Waals surface area (Å²) in [6.07, 6.45) is 4.97. The number of aliphatic carboxylic acids is 1. The quantitative estimate of drug-likeness (QED) is 0.833. The Hall–Kier alpha value is -1.90. The third-order valence-electron chi connectivity index (χ3n) is 3.36. The van der Waals surface area contributed by atoms with Crippen LogP contribution in [0.1, 0.15) is 18.4 Å². The summed E-state index contributed by atoms with van der Waals surface area (Å²) in [6, 6.07) is 7.68. The van der Waals surface area contributed by atoms with Crippen molar-refractivity contribution in [3.63, 3.8) is 0 Å². The third kappa shape index (κ3) is 1.14. The number of fused-ring (bicyclic) bond motifs is 1. The molecule has 0 radical (unpaired) electrons. The summed E-state index contributed by atoms with van der Waals surface area (Å²) in [5.74, 6) is -0.711. The number of carboxylic acids is 1. The van der Waals surface area contributed by atoms with Crippen LogP contribution >= 0.6 is 0 Å². The number of pyridine rings is 1. The summed E-state index contributed by atoms with van der Waals surface area (Å²) in [5, 5.41) is 11.3. The van der Waals surface area contributed by atoms with Gasteiger partial charge >= 0.3 is 5.97 Å². The van der Waals surface area contributed by atoms with Gasteiger partial charge in [0, 0.05) is 17.8 Å². The molecule has 0 bridgehead atoms. The van der Waals surface area contributed by atoms with E-state index in [0.717, 1.165) is 29.2 Å². The molecule has 0 aliphatic heterocycles. The lowest BCUT2D eigenvalue weighted by atomic mass is 9.92. The van der Waals surface area contributed by atoms with E-state index in [2.05, 4.69) is 4.98 Å². The Morgan fingerprint density at radius 2 is 2.12 bits per heavy atom. The molecular weight excluding hydrogens is 202 g/mol. The van der Waals surface area contributed by atoms with Crippen molar-refractivity contribution in [2.45, 2.75) is 18.3 Å². The van der Waals surface area contributed by atoms with Gasteiger partial charge in [-0.15, -0.1) is 0 Å². The molecule has 0 saturated heterocycles. The Balaban J connectivity index is 2.29. The van der Waals surface area contributed by atoms with Gasteiger partial charge in [-0.3, -0.25) is 9.78 Å². The molecule has 0 amide bonds. The highest BCUT2D eigenvalue weighted by molar-refractivity contribution is 5.94. The topological polar surface area (TPSA) is 50.2 Å². The molecule has 3 nitrogen and oxygen atoms in total. The minimum atomic E-state index is -0.711. The van der Waals surface area contributed by atoms with E-state index in [1.54, 1.807) is 12.4 Å². The van der Waals surface area contributed by atoms with Gasteiger partial charge in [0.25, 0.3) is 0 Å². The van der Waals surface area contributed by atoms with Crippen molar-refractivity contribution in [3.05, 3.63) is 42.2 Å². The minimum Gasteiger partial charge on any atom is -0.481 e. The van der Waals surface area contributed by atoms with Crippen LogP contribution in [0.3, 0.4) is 0 Å². The van der Waals surface area contributed by atoms with Crippen molar-refractivity contribution in [1.82, 2.24) is 4.98 Å². The molecule has 3 heteroatoms. The predicted octanol–water partition coefficient (Wildman–Crippen LogP) is 2.35. The maximum atomic E-state index is 11.3. The molecule has 1 fully saturated rings. The molecule has 80 valence electrons. The molecule has 0 spiro atoms. The van der Waals surface area contributed by atoms with Crippen LogP contribution in [0, 0.1) is 0 Å². The van der Waals surface area contributed by atoms with E-state index in [4.69, 9.17) is 0 Å². The molecule has 2 aromatic rings. The van der Waals surface area contributed by atoms with E-state index in [9.17, 15) is 9.90 Å². The molecular formula is C13H11NO2. The lowest BCUT2D eigenvalue weighted by Crippen LogP contribution is -2.19. The molecule has 1 aromatic carbocycles. The number of hydrogen-bond acceptors (Lipinski definition) is 2. The Bertz CT molecular complexity index is 568. The van der Waals surface area contributed by atoms with Gasteiger partial charge in [0.05, 0.1) is 5.41 Å². The van der Waals surface area contributed by atoms with Crippen molar-refractivity contribution < 1.29 is 9.90 Å². The van der Waals surface area contributed by atoms with E-state index in [-0.39, 0.29) is 0 Å². The standard InChI is InChI=1S/C13H11NO2/c15-12(16)13(5-6-13)11-3-1-2-9-8-14-7-4-10(9)11/h1-4,7-8H,5-6H2,(H,15,16). The molecule has 3 rings (SSSR count). The number of rotatable bonds is 2. The van der Waals surface area contributed by atoms with Gasteiger partial charge < -0.3 is 5.11 Å². The SMILES string of the molecule is O=C(O)C1(c2cccc3cnccc23)CC1. The fraction of sp³-hybridized carbons (Fsp3) is 0.231. The van der Waals surface area contributed by atoms with Gasteiger partial charge in [-0.2, -0.15) is 0 Å². The second-order valence-electron chi connectivity index (χ2n) is 4.29. The second-order valence-corrected chi connectivity index (χ2v) is 4.29. The van der Waals surface area contributed by atoms with Gasteiger partial charge in [0.2, 0.25) is 0 Å². The average molecular weight is 213 g/mol. The van der Waals surface area contributed by atoms with Crippen LogP contribution in [0.5, 0.6) is 0 Å². The summed E-state index contributed by atoms with van der Waals surface area (Å²) < 4.78 is 0. The summed E-state index contributed by atoms with van der Waals surface area (Å²) in [4.78, 5) is 15.4. The first-order chi connectivity index (χ1) is 7.74. The number of carboxylic acid groups (broad SMARTS) is 1. The summed E-state index contributed by atoms with van der Waals surface area (Å²) in [6.45, 7) is 0. The van der Waals surface area contributed by atoms with Crippen LogP contribution in [0.15, 0.2) is 36.7 Å². The van der Waals surface area contributed by atoms with Crippen LogP contribution < -0.4 is 0 Å². The molecule has 1 N–H and O–H groups in total. The predicted molar refractivity (Wildman–Crippen MR) is 60.3 cm³/mol. The first-order valence-corrected chi connectivity index (χ1v) is 5.31. The molecule has 1 aliphatic carbocycles. The summed E-state index contributed by atoms with van der Waals surface area (Å²) in [7, 11) is 0. The molecule has 1 saturated carbocycles. The highest BCUT2D eigenvalue weighted by atomic mass is 16.4. The van der Waals surface area contributed by atoms with E-state index in [1.807, 2.05) is 24.3 Å². The van der Waals surface area contributed by atoms with Gasteiger partial charge in [0.15, 0.2) is 0 Å². The average Bonchev–Trinajstić information content (AvgIpc) is 3.09. The number of benzene rings is 1. The highest BCUT2D eigenvalue weighted by Crippen LogP contribution is 2.50. The highest BCUT2D eigenvalue weighted by Gasteiger charge is 2.52. The molecule has 1 aromatic heterocycles. The summed E-state index contributed by atoms with van der Waals surface area (Å²) >= 11 is 0. The van der Waals surface area contributed by atoms with Crippen LogP contribution in [0.2, 0.25) is 0 Å². The fourth-order valence-electron chi connectivity index (χ4n) is 2.26. The van der Waals surface area contributed by atoms with Gasteiger partial charge in [-0.25, -0.2) is 0 Å². The monoisotopic (exact) mass is 213 g/mol. The van der Waals surface area contributed by atoms with Crippen molar-refractivity contribution in [2.24, 2.45) is 0 Å². The number of aromatic nitrogens is 1. The molecule has 1 heterocycles. The normalized spacial score (nSPS) is 17.2. The lowest BCUT2D eigenvalue weighted by molar-refractivity contribution is -0.139. The molecule has 0 atom stereocenters. The molecule has 0 unspecified atom stereocenters. The summed E-state index contributed by atoms with van der Waals surface area (Å²) in [5.41, 5.74) is 0.292. The molecule has 16 heavy (non-hydrogen) atoms. The Kier molecular flexibility index (Phi) is 1.78. The Labute approximate surface area is 92.7 Å². The van der Waals surface area contributed by atoms with Crippen LogP contribution in [-0.4, -0.2) is 16.1 Å². The third-order valence-corrected chi connectivity index (χ3v) is 3.36. The van der Waals surface area contributed by atoms with Gasteiger partial charge in [-0.05, 0) is 29.9 Å². The number of carbonyl (C=O) groups is 1. The number of nitrogens with zero attached hydrogens (tertiary/aromatic N) is 1. The second kappa shape index (κ2) is 3.04. The molecule has 1 aliphatic rings. The van der Waals surface area contributed by atoms with Gasteiger partial charge in [-0.1, -0.05) is 18.2 Å².